The van der Waals surface area contributed by atoms with Gasteiger partial charge in [0, 0.05) is 57.5 Å². The van der Waals surface area contributed by atoms with Crippen molar-refractivity contribution in [2.24, 2.45) is 0 Å². The summed E-state index contributed by atoms with van der Waals surface area (Å²) in [6.45, 7) is 4.53. The van der Waals surface area contributed by atoms with Gasteiger partial charge in [0.2, 0.25) is 0 Å². The second kappa shape index (κ2) is 23.1. The Balaban J connectivity index is 2.91. The van der Waals surface area contributed by atoms with Crippen LogP contribution in [-0.2, 0) is 0 Å². The molecule has 6 heteroatoms. The normalized spacial score (nSPS) is 11.2. The predicted octanol–water partition coefficient (Wildman–Crippen LogP) is 6.21. The lowest BCUT2D eigenvalue weighted by molar-refractivity contribution is 1.11. The first-order valence-corrected chi connectivity index (χ1v) is 15.3. The highest BCUT2D eigenvalue weighted by Crippen LogP contribution is 2.14. The maximum absolute atomic E-state index is 2.26. The highest BCUT2D eigenvalue weighted by atomic mass is 32.2. The molecule has 0 heterocycles. The van der Waals surface area contributed by atoms with Gasteiger partial charge in [-0.1, -0.05) is 13.8 Å². The molecule has 0 aliphatic carbocycles. The Morgan fingerprint density at radius 2 is 0.500 bits per heavy atom. The fourth-order valence-electron chi connectivity index (χ4n) is 1.49. The van der Waals surface area contributed by atoms with E-state index < -0.39 is 0 Å². The average Bonchev–Trinajstić information content (AvgIpc) is 2.54. The molecule has 0 aromatic carbocycles. The molecule has 0 atom stereocenters. The molecule has 0 amide bonds. The molecule has 0 aliphatic rings. The summed E-state index contributed by atoms with van der Waals surface area (Å²) >= 11 is 12.8. The number of hydrogen-bond acceptors (Lipinski definition) is 6. The minimum atomic E-state index is 1.32. The van der Waals surface area contributed by atoms with Crippen molar-refractivity contribution in [2.45, 2.75) is 26.7 Å². The first kappa shape index (κ1) is 24.1. The van der Waals surface area contributed by atoms with Gasteiger partial charge in [0.1, 0.15) is 0 Å². The minimum Gasteiger partial charge on any atom is -0.161 e. The van der Waals surface area contributed by atoms with E-state index >= 15 is 0 Å². The van der Waals surface area contributed by atoms with Crippen molar-refractivity contribution in [2.75, 3.05) is 69.0 Å². The Labute approximate surface area is 165 Å². The van der Waals surface area contributed by atoms with Gasteiger partial charge < -0.3 is 0 Å². The van der Waals surface area contributed by atoms with Gasteiger partial charge in [0.05, 0.1) is 0 Å². The topological polar surface area (TPSA) is 0 Å². The molecule has 0 unspecified atom stereocenters. The molecule has 0 nitrogen and oxygen atoms in total. The van der Waals surface area contributed by atoms with Crippen LogP contribution in [0.4, 0.5) is 0 Å². The van der Waals surface area contributed by atoms with Gasteiger partial charge in [-0.05, 0) is 24.3 Å². The van der Waals surface area contributed by atoms with Crippen LogP contribution >= 0.6 is 70.6 Å². The van der Waals surface area contributed by atoms with E-state index in [0.717, 1.165) is 0 Å². The Kier molecular flexibility index (Phi) is 25.3. The van der Waals surface area contributed by atoms with Crippen LogP contribution in [0, 0.1) is 0 Å². The molecular formula is C16H34S6. The fourth-order valence-corrected chi connectivity index (χ4v) is 8.01. The van der Waals surface area contributed by atoms with Crippen molar-refractivity contribution in [1.29, 1.82) is 0 Å². The molecule has 0 N–H and O–H groups in total. The first-order valence-electron chi connectivity index (χ1n) is 8.38. The molecular weight excluding hydrogens is 385 g/mol. The second-order valence-corrected chi connectivity index (χ2v) is 12.0. The second-order valence-electron chi connectivity index (χ2n) is 4.67. The zero-order valence-corrected chi connectivity index (χ0v) is 19.2. The Bertz CT molecular complexity index is 171. The van der Waals surface area contributed by atoms with Gasteiger partial charge >= 0.3 is 0 Å². The molecule has 0 saturated carbocycles. The van der Waals surface area contributed by atoms with Gasteiger partial charge in [0.25, 0.3) is 0 Å². The third-order valence-electron chi connectivity index (χ3n) is 2.56. The van der Waals surface area contributed by atoms with Gasteiger partial charge in [0.15, 0.2) is 0 Å². The quantitative estimate of drug-likeness (QED) is 0.227. The molecule has 0 bridgehead atoms. The zero-order chi connectivity index (χ0) is 16.1. The van der Waals surface area contributed by atoms with E-state index in [1.807, 2.05) is 0 Å². The summed E-state index contributed by atoms with van der Waals surface area (Å²) in [5, 5.41) is 0. The summed E-state index contributed by atoms with van der Waals surface area (Å²) in [7, 11) is 0. The van der Waals surface area contributed by atoms with Crippen molar-refractivity contribution >= 4 is 70.6 Å². The van der Waals surface area contributed by atoms with Crippen LogP contribution in [0.1, 0.15) is 26.7 Å². The summed E-state index contributed by atoms with van der Waals surface area (Å²) in [6.07, 6.45) is 2.64. The minimum absolute atomic E-state index is 1.32. The summed E-state index contributed by atoms with van der Waals surface area (Å²) in [4.78, 5) is 0. The smallest absolute Gasteiger partial charge is 0.00238 e. The van der Waals surface area contributed by atoms with Crippen LogP contribution in [0.2, 0.25) is 0 Å². The Morgan fingerprint density at radius 3 is 0.682 bits per heavy atom. The summed E-state index contributed by atoms with van der Waals surface area (Å²) in [5.41, 5.74) is 0. The van der Waals surface area contributed by atoms with Gasteiger partial charge in [-0.2, -0.15) is 70.6 Å². The third kappa shape index (κ3) is 22.1. The largest absolute Gasteiger partial charge is 0.161 e. The summed E-state index contributed by atoms with van der Waals surface area (Å²) < 4.78 is 0. The molecule has 22 heavy (non-hydrogen) atoms. The highest BCUT2D eigenvalue weighted by molar-refractivity contribution is 8.06. The van der Waals surface area contributed by atoms with E-state index in [4.69, 9.17) is 0 Å². The predicted molar refractivity (Wildman–Crippen MR) is 125 cm³/mol. The van der Waals surface area contributed by atoms with Gasteiger partial charge in [-0.25, -0.2) is 0 Å². The van der Waals surface area contributed by atoms with E-state index in [1.165, 1.54) is 81.9 Å². The fraction of sp³-hybridized carbons (Fsp3) is 1.00. The van der Waals surface area contributed by atoms with Crippen molar-refractivity contribution < 1.29 is 0 Å². The van der Waals surface area contributed by atoms with E-state index in [9.17, 15) is 0 Å². The van der Waals surface area contributed by atoms with Crippen LogP contribution < -0.4 is 0 Å². The standard InChI is InChI=1S/C16H34S6/c1-3-5-17-7-9-19-11-13-21-15-16-22-14-12-20-10-8-18-6-4-2/h3-16H2,1-2H3. The monoisotopic (exact) mass is 418 g/mol. The zero-order valence-electron chi connectivity index (χ0n) is 14.3. The Morgan fingerprint density at radius 1 is 0.318 bits per heavy atom. The van der Waals surface area contributed by atoms with Crippen LogP contribution in [0.3, 0.4) is 0 Å². The lowest BCUT2D eigenvalue weighted by Crippen LogP contribution is -1.95. The van der Waals surface area contributed by atoms with Crippen molar-refractivity contribution in [3.63, 3.8) is 0 Å². The summed E-state index contributed by atoms with van der Waals surface area (Å²) in [5.74, 6) is 16.1. The SMILES string of the molecule is CCCSCCSCCSCCSCCSCCSCCC. The molecule has 0 spiro atoms. The maximum Gasteiger partial charge on any atom is 0.00238 e. The van der Waals surface area contributed by atoms with E-state index in [0.29, 0.717) is 0 Å². The lowest BCUT2D eigenvalue weighted by atomic mass is 10.6. The van der Waals surface area contributed by atoms with Crippen LogP contribution in [-0.4, -0.2) is 69.0 Å². The maximum atomic E-state index is 2.26. The molecule has 134 valence electrons. The number of thioether (sulfide) groups is 6. The molecule has 0 fully saturated rings. The highest BCUT2D eigenvalue weighted by Gasteiger charge is 1.95. The summed E-state index contributed by atoms with van der Waals surface area (Å²) in [6, 6.07) is 0. The third-order valence-corrected chi connectivity index (χ3v) is 10.2. The lowest BCUT2D eigenvalue weighted by Gasteiger charge is -2.03. The molecule has 0 aromatic heterocycles. The Hall–Kier alpha value is 2.10. The molecule has 0 aliphatic heterocycles. The van der Waals surface area contributed by atoms with Crippen molar-refractivity contribution in [1.82, 2.24) is 0 Å². The van der Waals surface area contributed by atoms with Crippen molar-refractivity contribution in [3.8, 4) is 0 Å². The van der Waals surface area contributed by atoms with Crippen LogP contribution in [0.15, 0.2) is 0 Å². The first-order chi connectivity index (χ1) is 10.9. The van der Waals surface area contributed by atoms with Gasteiger partial charge in [-0.3, -0.25) is 0 Å². The molecule has 0 radical (unpaired) electrons. The van der Waals surface area contributed by atoms with E-state index in [-0.39, 0.29) is 0 Å². The van der Waals surface area contributed by atoms with Gasteiger partial charge in [-0.15, -0.1) is 0 Å². The average molecular weight is 419 g/mol. The molecule has 0 aromatic rings. The molecule has 0 rings (SSSR count). The van der Waals surface area contributed by atoms with Crippen LogP contribution in [0.25, 0.3) is 0 Å². The number of hydrogen-bond donors (Lipinski definition) is 0. The van der Waals surface area contributed by atoms with E-state index in [2.05, 4.69) is 84.4 Å². The number of rotatable bonds is 19. The molecule has 0 saturated heterocycles. The van der Waals surface area contributed by atoms with Crippen LogP contribution in [0.5, 0.6) is 0 Å². The van der Waals surface area contributed by atoms with Crippen molar-refractivity contribution in [3.05, 3.63) is 0 Å². The van der Waals surface area contributed by atoms with E-state index in [1.54, 1.807) is 0 Å².